The van der Waals surface area contributed by atoms with Gasteiger partial charge in [0.15, 0.2) is 0 Å². The number of nitriles is 1. The number of carbonyl (C=O) groups excluding carboxylic acids is 1. The first-order valence-corrected chi connectivity index (χ1v) is 9.66. The van der Waals surface area contributed by atoms with E-state index in [0.717, 1.165) is 6.42 Å². The molecule has 0 aliphatic carbocycles. The summed E-state index contributed by atoms with van der Waals surface area (Å²) in [6, 6.07) is 2.30. The molecule has 0 aliphatic heterocycles. The fraction of sp³-hybridized carbons (Fsp3) is 0.905. The maximum atomic E-state index is 12.0. The summed E-state index contributed by atoms with van der Waals surface area (Å²) in [6.45, 7) is 19.1. The van der Waals surface area contributed by atoms with Crippen molar-refractivity contribution in [3.8, 4) is 6.07 Å². The van der Waals surface area contributed by atoms with Crippen molar-refractivity contribution in [2.75, 3.05) is 13.2 Å². The summed E-state index contributed by atoms with van der Waals surface area (Å²) in [5.74, 6) is -0.00730. The van der Waals surface area contributed by atoms with Gasteiger partial charge in [0, 0.05) is 13.0 Å². The van der Waals surface area contributed by atoms with Crippen molar-refractivity contribution in [3.05, 3.63) is 0 Å². The molecule has 5 nitrogen and oxygen atoms in total. The minimum atomic E-state index is -0.418. The lowest BCUT2D eigenvalue weighted by Gasteiger charge is -2.36. The molecule has 0 fully saturated rings. The summed E-state index contributed by atoms with van der Waals surface area (Å²) in [5, 5.41) is 12.1. The molecule has 5 heteroatoms. The molecular weight excluding hydrogens is 328 g/mol. The number of nitrogens with zero attached hydrogens (tertiary/aromatic N) is 1. The van der Waals surface area contributed by atoms with Gasteiger partial charge < -0.3 is 14.8 Å². The van der Waals surface area contributed by atoms with Crippen LogP contribution in [0.5, 0.6) is 0 Å². The molecule has 1 atom stereocenters. The molecule has 0 heterocycles. The van der Waals surface area contributed by atoms with Crippen LogP contribution in [0.15, 0.2) is 0 Å². The largest absolute Gasteiger partial charge is 0.373 e. The first kappa shape index (κ1) is 24.9. The quantitative estimate of drug-likeness (QED) is 0.578. The first-order chi connectivity index (χ1) is 11.6. The van der Waals surface area contributed by atoms with Gasteiger partial charge in [0.05, 0.1) is 34.9 Å². The smallest absolute Gasteiger partial charge is 0.220 e. The van der Waals surface area contributed by atoms with E-state index in [1.165, 1.54) is 0 Å². The van der Waals surface area contributed by atoms with Crippen molar-refractivity contribution in [1.82, 2.24) is 5.32 Å². The van der Waals surface area contributed by atoms with Crippen LogP contribution in [-0.2, 0) is 14.3 Å². The zero-order chi connectivity index (χ0) is 20.6. The number of nitrogens with one attached hydrogen (secondary N) is 1. The van der Waals surface area contributed by atoms with Gasteiger partial charge in [0.25, 0.3) is 0 Å². The van der Waals surface area contributed by atoms with Crippen LogP contribution in [0, 0.1) is 16.7 Å². The Kier molecular flexibility index (Phi) is 9.29. The van der Waals surface area contributed by atoms with Gasteiger partial charge in [-0.25, -0.2) is 0 Å². The van der Waals surface area contributed by atoms with E-state index in [2.05, 4.69) is 11.4 Å². The van der Waals surface area contributed by atoms with Gasteiger partial charge in [0.1, 0.15) is 0 Å². The van der Waals surface area contributed by atoms with E-state index in [4.69, 9.17) is 14.7 Å². The molecule has 1 unspecified atom stereocenters. The third-order valence-electron chi connectivity index (χ3n) is 4.40. The first-order valence-electron chi connectivity index (χ1n) is 9.66. The van der Waals surface area contributed by atoms with Gasteiger partial charge in [-0.3, -0.25) is 4.79 Å². The minimum absolute atomic E-state index is 0.00730. The van der Waals surface area contributed by atoms with E-state index in [9.17, 15) is 4.79 Å². The molecule has 0 saturated heterocycles. The van der Waals surface area contributed by atoms with Crippen molar-refractivity contribution in [3.63, 3.8) is 0 Å². The SMILES string of the molecule is CCC(C)(C#N)CCC(=O)NCCC(C)(C)OCC(C)(C)OC(C)(C)C. The fourth-order valence-corrected chi connectivity index (χ4v) is 2.59. The number of rotatable bonds is 11. The molecule has 26 heavy (non-hydrogen) atoms. The van der Waals surface area contributed by atoms with Gasteiger partial charge in [-0.2, -0.15) is 5.26 Å². The van der Waals surface area contributed by atoms with Crippen LogP contribution in [0.2, 0.25) is 0 Å². The molecule has 0 aliphatic rings. The summed E-state index contributed by atoms with van der Waals surface area (Å²) in [5.41, 5.74) is -1.36. The summed E-state index contributed by atoms with van der Waals surface area (Å²) in [7, 11) is 0. The van der Waals surface area contributed by atoms with Crippen LogP contribution < -0.4 is 5.32 Å². The van der Waals surface area contributed by atoms with Crippen molar-refractivity contribution >= 4 is 5.91 Å². The highest BCUT2D eigenvalue weighted by molar-refractivity contribution is 5.75. The van der Waals surface area contributed by atoms with E-state index >= 15 is 0 Å². The van der Waals surface area contributed by atoms with Gasteiger partial charge in [-0.05, 0) is 74.7 Å². The molecule has 1 amide bonds. The fourth-order valence-electron chi connectivity index (χ4n) is 2.59. The average molecular weight is 369 g/mol. The van der Waals surface area contributed by atoms with Gasteiger partial charge >= 0.3 is 0 Å². The number of hydrogen-bond acceptors (Lipinski definition) is 4. The Hall–Kier alpha value is -1.12. The van der Waals surface area contributed by atoms with E-state index in [1.807, 2.05) is 62.3 Å². The van der Waals surface area contributed by atoms with Crippen LogP contribution in [0.25, 0.3) is 0 Å². The summed E-state index contributed by atoms with van der Waals surface area (Å²) >= 11 is 0. The predicted molar refractivity (Wildman–Crippen MR) is 106 cm³/mol. The molecule has 1 N–H and O–H groups in total. The average Bonchev–Trinajstić information content (AvgIpc) is 2.48. The minimum Gasteiger partial charge on any atom is -0.373 e. The number of hydrogen-bond donors (Lipinski definition) is 1. The Labute approximate surface area is 160 Å². The van der Waals surface area contributed by atoms with Gasteiger partial charge in [0.2, 0.25) is 5.91 Å². The van der Waals surface area contributed by atoms with E-state index in [1.54, 1.807) is 0 Å². The molecule has 0 radical (unpaired) electrons. The van der Waals surface area contributed by atoms with Crippen LogP contribution in [-0.4, -0.2) is 35.9 Å². The Morgan fingerprint density at radius 2 is 1.58 bits per heavy atom. The van der Waals surface area contributed by atoms with Crippen LogP contribution in [0.4, 0.5) is 0 Å². The Morgan fingerprint density at radius 1 is 1.00 bits per heavy atom. The molecule has 0 bridgehead atoms. The second kappa shape index (κ2) is 9.71. The maximum Gasteiger partial charge on any atom is 0.220 e. The van der Waals surface area contributed by atoms with Crippen molar-refractivity contribution in [1.29, 1.82) is 5.26 Å². The maximum absolute atomic E-state index is 12.0. The molecule has 0 rings (SSSR count). The lowest BCUT2D eigenvalue weighted by molar-refractivity contribution is -0.167. The predicted octanol–water partition coefficient (Wildman–Crippen LogP) is 4.60. The normalized spacial score (nSPS) is 15.2. The lowest BCUT2D eigenvalue weighted by Crippen LogP contribution is -2.42. The molecule has 0 aromatic heterocycles. The number of amides is 1. The van der Waals surface area contributed by atoms with Crippen molar-refractivity contribution in [2.45, 2.75) is 105 Å². The highest BCUT2D eigenvalue weighted by Crippen LogP contribution is 2.26. The molecule has 0 spiro atoms. The highest BCUT2D eigenvalue weighted by Gasteiger charge is 2.29. The van der Waals surface area contributed by atoms with Crippen LogP contribution in [0.3, 0.4) is 0 Å². The third-order valence-corrected chi connectivity index (χ3v) is 4.40. The standard InChI is InChI=1S/C21H40N2O3/c1-10-21(9,15-22)12-11-17(24)23-14-13-19(5,6)25-16-20(7,8)26-18(2,3)4/h10-14,16H2,1-9H3,(H,23,24). The molecule has 0 saturated carbocycles. The lowest BCUT2D eigenvalue weighted by atomic mass is 9.84. The van der Waals surface area contributed by atoms with Gasteiger partial charge in [-0.15, -0.1) is 0 Å². The number of ether oxygens (including phenoxy) is 2. The topological polar surface area (TPSA) is 71.4 Å². The van der Waals surface area contributed by atoms with E-state index in [-0.39, 0.29) is 22.7 Å². The van der Waals surface area contributed by atoms with Gasteiger partial charge in [-0.1, -0.05) is 6.92 Å². The van der Waals surface area contributed by atoms with Crippen LogP contribution in [0.1, 0.15) is 88.0 Å². The summed E-state index contributed by atoms with van der Waals surface area (Å²) < 4.78 is 12.1. The summed E-state index contributed by atoms with van der Waals surface area (Å²) in [4.78, 5) is 12.0. The molecular formula is C21H40N2O3. The monoisotopic (exact) mass is 368 g/mol. The van der Waals surface area contributed by atoms with E-state index < -0.39 is 5.41 Å². The summed E-state index contributed by atoms with van der Waals surface area (Å²) in [6.07, 6.45) is 2.44. The molecule has 152 valence electrons. The Bertz CT molecular complexity index is 486. The van der Waals surface area contributed by atoms with Crippen molar-refractivity contribution in [2.24, 2.45) is 5.41 Å². The Morgan fingerprint density at radius 3 is 2.04 bits per heavy atom. The van der Waals surface area contributed by atoms with E-state index in [0.29, 0.717) is 32.4 Å². The Balaban J connectivity index is 4.25. The van der Waals surface area contributed by atoms with Crippen molar-refractivity contribution < 1.29 is 14.3 Å². The zero-order valence-electron chi connectivity index (χ0n) is 18.4. The third kappa shape index (κ3) is 11.5. The molecule has 0 aromatic rings. The van der Waals surface area contributed by atoms with Crippen LogP contribution >= 0.6 is 0 Å². The highest BCUT2D eigenvalue weighted by atomic mass is 16.6. The molecule has 0 aromatic carbocycles. The second-order valence-corrected chi connectivity index (χ2v) is 9.65. The second-order valence-electron chi connectivity index (χ2n) is 9.65. The number of carbonyl (C=O) groups is 1. The zero-order valence-corrected chi connectivity index (χ0v) is 18.4.